The van der Waals surface area contributed by atoms with Crippen LogP contribution in [0.15, 0.2) is 53.4 Å². The number of carbonyl (C=O) groups is 1. The first kappa shape index (κ1) is 24.2. The number of hydrogen-bond acceptors (Lipinski definition) is 6. The zero-order valence-corrected chi connectivity index (χ0v) is 19.4. The Hall–Kier alpha value is -2.46. The summed E-state index contributed by atoms with van der Waals surface area (Å²) in [5.41, 5.74) is 1.64. The third-order valence-corrected chi connectivity index (χ3v) is 6.83. The summed E-state index contributed by atoms with van der Waals surface area (Å²) in [4.78, 5) is 15.2. The number of carbonyl (C=O) groups excluding carboxylic acids is 1. The fraction of sp³-hybridized carbons (Fsp3) is 0.435. The molecule has 0 aliphatic carbocycles. The molecule has 0 unspecified atom stereocenters. The van der Waals surface area contributed by atoms with Crippen LogP contribution in [0.5, 0.6) is 5.75 Å². The molecule has 0 aromatic heterocycles. The lowest BCUT2D eigenvalue weighted by atomic mass is 10.1. The van der Waals surface area contributed by atoms with E-state index >= 15 is 0 Å². The number of nitrogens with one attached hydrogen (secondary N) is 2. The van der Waals surface area contributed by atoms with Crippen molar-refractivity contribution in [2.45, 2.75) is 24.3 Å². The minimum atomic E-state index is -4.00. The summed E-state index contributed by atoms with van der Waals surface area (Å²) in [5, 5.41) is 2.88. The number of hydrogen-bond donors (Lipinski definition) is 2. The van der Waals surface area contributed by atoms with E-state index in [9.17, 15) is 13.2 Å². The molecule has 0 radical (unpaired) electrons. The Labute approximate surface area is 190 Å². The number of ether oxygens (including phenoxy) is 2. The van der Waals surface area contributed by atoms with Crippen molar-refractivity contribution >= 4 is 15.9 Å². The topological polar surface area (TPSA) is 97.0 Å². The lowest BCUT2D eigenvalue weighted by Crippen LogP contribution is -2.50. The van der Waals surface area contributed by atoms with Gasteiger partial charge in [0.15, 0.2) is 0 Å². The molecule has 8 nitrogen and oxygen atoms in total. The van der Waals surface area contributed by atoms with Crippen molar-refractivity contribution < 1.29 is 22.7 Å². The minimum absolute atomic E-state index is 0.0131. The Balaban J connectivity index is 1.74. The number of sulfonamides is 1. The second-order valence-corrected chi connectivity index (χ2v) is 9.45. The zero-order chi connectivity index (χ0) is 23.0. The molecule has 1 fully saturated rings. The molecule has 1 amide bonds. The summed E-state index contributed by atoms with van der Waals surface area (Å²) < 4.78 is 39.6. The maximum Gasteiger partial charge on any atom is 0.244 e. The predicted octanol–water partition coefficient (Wildman–Crippen LogP) is 1.34. The average molecular weight is 462 g/mol. The highest BCUT2D eigenvalue weighted by atomic mass is 32.2. The Morgan fingerprint density at radius 1 is 1.16 bits per heavy atom. The van der Waals surface area contributed by atoms with Gasteiger partial charge in [0.25, 0.3) is 0 Å². The van der Waals surface area contributed by atoms with E-state index in [1.807, 2.05) is 30.3 Å². The molecule has 1 atom stereocenters. The van der Waals surface area contributed by atoms with Gasteiger partial charge in [-0.3, -0.25) is 9.69 Å². The standard InChI is InChI=1S/C23H31N3O5S/c1-18-8-9-21(30-2)22(16-18)32(28,29)25-20(17-19-6-4-3-5-7-19)23(27)24-10-11-26-12-14-31-15-13-26/h3-9,16,20,25H,10-15,17H2,1-2H3,(H,24,27)/t20-/m1/s1. The first-order valence-electron chi connectivity index (χ1n) is 10.7. The number of benzene rings is 2. The fourth-order valence-electron chi connectivity index (χ4n) is 3.57. The maximum atomic E-state index is 13.2. The van der Waals surface area contributed by atoms with Gasteiger partial charge in [-0.05, 0) is 36.6 Å². The van der Waals surface area contributed by atoms with Crippen LogP contribution in [0.25, 0.3) is 0 Å². The molecular formula is C23H31N3O5S. The summed E-state index contributed by atoms with van der Waals surface area (Å²) in [5.74, 6) is -0.133. The van der Waals surface area contributed by atoms with Crippen LogP contribution in [-0.4, -0.2) is 71.8 Å². The Bertz CT molecular complexity index is 992. The van der Waals surface area contributed by atoms with Crippen molar-refractivity contribution in [3.8, 4) is 5.75 Å². The smallest absolute Gasteiger partial charge is 0.244 e. The van der Waals surface area contributed by atoms with Crippen LogP contribution < -0.4 is 14.8 Å². The molecule has 1 aliphatic heterocycles. The van der Waals surface area contributed by atoms with E-state index in [1.165, 1.54) is 13.2 Å². The second kappa shape index (κ2) is 11.4. The molecule has 2 N–H and O–H groups in total. The minimum Gasteiger partial charge on any atom is -0.495 e. The molecule has 2 aromatic carbocycles. The molecule has 3 rings (SSSR count). The van der Waals surface area contributed by atoms with Crippen LogP contribution in [0.2, 0.25) is 0 Å². The Morgan fingerprint density at radius 3 is 2.56 bits per heavy atom. The first-order chi connectivity index (χ1) is 15.4. The molecule has 0 saturated carbocycles. The number of morpholine rings is 1. The maximum absolute atomic E-state index is 13.2. The van der Waals surface area contributed by atoms with E-state index in [-0.39, 0.29) is 23.0 Å². The third-order valence-electron chi connectivity index (χ3n) is 5.34. The van der Waals surface area contributed by atoms with E-state index in [2.05, 4.69) is 14.9 Å². The molecule has 32 heavy (non-hydrogen) atoms. The van der Waals surface area contributed by atoms with Crippen LogP contribution in [0.1, 0.15) is 11.1 Å². The molecule has 2 aromatic rings. The van der Waals surface area contributed by atoms with Gasteiger partial charge in [-0.2, -0.15) is 4.72 Å². The van der Waals surface area contributed by atoms with Crippen LogP contribution >= 0.6 is 0 Å². The van der Waals surface area contributed by atoms with Crippen molar-refractivity contribution in [2.75, 3.05) is 46.5 Å². The summed E-state index contributed by atoms with van der Waals surface area (Å²) in [6, 6.07) is 13.3. The highest BCUT2D eigenvalue weighted by Gasteiger charge is 2.28. The normalized spacial score (nSPS) is 15.8. The van der Waals surface area contributed by atoms with E-state index in [0.717, 1.165) is 24.2 Å². The van der Waals surface area contributed by atoms with Gasteiger partial charge in [0.1, 0.15) is 16.7 Å². The van der Waals surface area contributed by atoms with Crippen molar-refractivity contribution in [1.29, 1.82) is 0 Å². The van der Waals surface area contributed by atoms with Crippen molar-refractivity contribution in [1.82, 2.24) is 14.9 Å². The van der Waals surface area contributed by atoms with Gasteiger partial charge in [-0.1, -0.05) is 36.4 Å². The molecule has 1 heterocycles. The van der Waals surface area contributed by atoms with Crippen molar-refractivity contribution in [3.05, 3.63) is 59.7 Å². The molecule has 1 saturated heterocycles. The molecule has 9 heteroatoms. The van der Waals surface area contributed by atoms with Gasteiger partial charge in [-0.25, -0.2) is 8.42 Å². The SMILES string of the molecule is COc1ccc(C)cc1S(=O)(=O)N[C@H](Cc1ccccc1)C(=O)NCCN1CCOCC1. The van der Waals surface area contributed by atoms with Gasteiger partial charge in [-0.15, -0.1) is 0 Å². The van der Waals surface area contributed by atoms with Gasteiger partial charge in [0, 0.05) is 26.2 Å². The highest BCUT2D eigenvalue weighted by Crippen LogP contribution is 2.25. The summed E-state index contributed by atoms with van der Waals surface area (Å²) in [6.45, 7) is 5.93. The Morgan fingerprint density at radius 2 is 1.88 bits per heavy atom. The molecule has 0 bridgehead atoms. The highest BCUT2D eigenvalue weighted by molar-refractivity contribution is 7.89. The molecular weight excluding hydrogens is 430 g/mol. The number of methoxy groups -OCH3 is 1. The average Bonchev–Trinajstić information content (AvgIpc) is 2.80. The molecule has 1 aliphatic rings. The third kappa shape index (κ3) is 6.77. The molecule has 174 valence electrons. The number of amides is 1. The van der Waals surface area contributed by atoms with E-state index < -0.39 is 16.1 Å². The molecule has 0 spiro atoms. The number of aryl methyl sites for hydroxylation is 1. The van der Waals surface area contributed by atoms with Crippen molar-refractivity contribution in [2.24, 2.45) is 0 Å². The lowest BCUT2D eigenvalue weighted by Gasteiger charge is -2.27. The zero-order valence-electron chi connectivity index (χ0n) is 18.5. The van der Waals surface area contributed by atoms with Gasteiger partial charge in [0.2, 0.25) is 15.9 Å². The predicted molar refractivity (Wildman–Crippen MR) is 122 cm³/mol. The summed E-state index contributed by atoms with van der Waals surface area (Å²) in [7, 11) is -2.58. The van der Waals surface area contributed by atoms with E-state index in [1.54, 1.807) is 19.1 Å². The monoisotopic (exact) mass is 461 g/mol. The largest absolute Gasteiger partial charge is 0.495 e. The first-order valence-corrected chi connectivity index (χ1v) is 12.2. The van der Waals surface area contributed by atoms with E-state index in [4.69, 9.17) is 9.47 Å². The van der Waals surface area contributed by atoms with Crippen LogP contribution in [-0.2, 0) is 26.0 Å². The van der Waals surface area contributed by atoms with Crippen LogP contribution in [0, 0.1) is 6.92 Å². The quantitative estimate of drug-likeness (QED) is 0.554. The lowest BCUT2D eigenvalue weighted by molar-refractivity contribution is -0.122. The van der Waals surface area contributed by atoms with Gasteiger partial charge < -0.3 is 14.8 Å². The summed E-state index contributed by atoms with van der Waals surface area (Å²) in [6.07, 6.45) is 0.234. The fourth-order valence-corrected chi connectivity index (χ4v) is 5.02. The van der Waals surface area contributed by atoms with Gasteiger partial charge in [0.05, 0.1) is 20.3 Å². The second-order valence-electron chi connectivity index (χ2n) is 7.76. The van der Waals surface area contributed by atoms with Gasteiger partial charge >= 0.3 is 0 Å². The Kier molecular flexibility index (Phi) is 8.63. The summed E-state index contributed by atoms with van der Waals surface area (Å²) >= 11 is 0. The van der Waals surface area contributed by atoms with E-state index in [0.29, 0.717) is 26.3 Å². The van der Waals surface area contributed by atoms with Crippen molar-refractivity contribution in [3.63, 3.8) is 0 Å². The van der Waals surface area contributed by atoms with Crippen LogP contribution in [0.4, 0.5) is 0 Å². The van der Waals surface area contributed by atoms with Crippen LogP contribution in [0.3, 0.4) is 0 Å². The number of rotatable bonds is 10. The number of nitrogens with zero attached hydrogens (tertiary/aromatic N) is 1.